The number of carboxylic acid groups (broad SMARTS) is 2. The van der Waals surface area contributed by atoms with E-state index in [1.54, 1.807) is 72.8 Å². The van der Waals surface area contributed by atoms with Crippen molar-refractivity contribution in [3.63, 3.8) is 0 Å². The Labute approximate surface area is 143 Å². The summed E-state index contributed by atoms with van der Waals surface area (Å²) >= 11 is 0. The zero-order valence-corrected chi connectivity index (χ0v) is 14.1. The van der Waals surface area contributed by atoms with Crippen LogP contribution in [0.5, 0.6) is 0 Å². The number of benzene rings is 2. The molecule has 0 heterocycles. The lowest BCUT2D eigenvalue weighted by Crippen LogP contribution is -1.93. The van der Waals surface area contributed by atoms with Gasteiger partial charge in [-0.25, -0.2) is 9.59 Å². The van der Waals surface area contributed by atoms with E-state index in [9.17, 15) is 9.59 Å². The number of hydrogen-bond acceptors (Lipinski definition) is 2. The van der Waals surface area contributed by atoms with Crippen molar-refractivity contribution in [3.05, 3.63) is 97.1 Å². The highest BCUT2D eigenvalue weighted by Crippen LogP contribution is 1.96. The predicted molar refractivity (Wildman–Crippen MR) is 98.5 cm³/mol. The Balaban J connectivity index is 0. The highest BCUT2D eigenvalue weighted by molar-refractivity contribution is 5.87. The maximum atomic E-state index is 10.2. The summed E-state index contributed by atoms with van der Waals surface area (Å²) in [5, 5.41) is 16.8. The lowest BCUT2D eigenvalue weighted by molar-refractivity contribution is 0.0686. The van der Waals surface area contributed by atoms with E-state index in [4.69, 9.17) is 10.2 Å². The van der Waals surface area contributed by atoms with Crippen molar-refractivity contribution in [3.8, 4) is 0 Å². The van der Waals surface area contributed by atoms with E-state index in [-0.39, 0.29) is 0 Å². The zero-order valence-electron chi connectivity index (χ0n) is 14.1. The molecule has 2 aromatic rings. The largest absolute Gasteiger partial charge is 0.478 e. The van der Waals surface area contributed by atoms with E-state index < -0.39 is 11.9 Å². The Morgan fingerprint density at radius 1 is 0.708 bits per heavy atom. The summed E-state index contributed by atoms with van der Waals surface area (Å²) in [4.78, 5) is 20.4. The van der Waals surface area contributed by atoms with Gasteiger partial charge in [0.05, 0.1) is 11.1 Å². The molecule has 0 fully saturated rings. The molecule has 0 aromatic heterocycles. The zero-order chi connectivity index (χ0) is 18.8. The number of allylic oxidation sites excluding steroid dienone is 2. The standard InChI is InChI=1S/2C7H6O2.2C3H6/c2*8-7(9)6-4-2-1-3-5-6;2*1-3-2/h2*1-5H,(H,8,9);2*3H,1H2,2H3. The Hall–Kier alpha value is -3.14. The minimum atomic E-state index is -0.879. The molecule has 24 heavy (non-hydrogen) atoms. The number of hydrogen-bond donors (Lipinski definition) is 2. The van der Waals surface area contributed by atoms with Crippen molar-refractivity contribution in [2.75, 3.05) is 0 Å². The summed E-state index contributed by atoms with van der Waals surface area (Å²) in [6, 6.07) is 16.6. The summed E-state index contributed by atoms with van der Waals surface area (Å²) in [5.41, 5.74) is 0.662. The van der Waals surface area contributed by atoms with Gasteiger partial charge >= 0.3 is 11.9 Å². The van der Waals surface area contributed by atoms with Crippen molar-refractivity contribution in [2.24, 2.45) is 0 Å². The van der Waals surface area contributed by atoms with Crippen LogP contribution in [0.25, 0.3) is 0 Å². The third-order valence-corrected chi connectivity index (χ3v) is 2.04. The lowest BCUT2D eigenvalue weighted by atomic mass is 10.2. The molecular weight excluding hydrogens is 304 g/mol. The van der Waals surface area contributed by atoms with Crippen LogP contribution < -0.4 is 0 Å². The summed E-state index contributed by atoms with van der Waals surface area (Å²) in [6.07, 6.45) is 3.50. The van der Waals surface area contributed by atoms with Gasteiger partial charge in [0, 0.05) is 0 Å². The van der Waals surface area contributed by atoms with E-state index in [1.165, 1.54) is 0 Å². The summed E-state index contributed by atoms with van der Waals surface area (Å²) < 4.78 is 0. The fourth-order valence-corrected chi connectivity index (χ4v) is 1.16. The third-order valence-electron chi connectivity index (χ3n) is 2.04. The molecule has 0 atom stereocenters. The number of aromatic carboxylic acids is 2. The second-order valence-corrected chi connectivity index (χ2v) is 4.16. The molecule has 2 rings (SSSR count). The number of rotatable bonds is 2. The molecule has 0 spiro atoms. The van der Waals surface area contributed by atoms with Crippen LogP contribution in [-0.4, -0.2) is 22.2 Å². The Morgan fingerprint density at radius 3 is 1.04 bits per heavy atom. The van der Waals surface area contributed by atoms with Gasteiger partial charge in [-0.3, -0.25) is 0 Å². The molecular formula is C20H24O4. The molecule has 0 aliphatic rings. The average molecular weight is 328 g/mol. The topological polar surface area (TPSA) is 74.6 Å². The summed E-state index contributed by atoms with van der Waals surface area (Å²) in [7, 11) is 0. The van der Waals surface area contributed by atoms with E-state index >= 15 is 0 Å². The van der Waals surface area contributed by atoms with Gasteiger partial charge in [-0.15, -0.1) is 13.2 Å². The van der Waals surface area contributed by atoms with Crippen LogP contribution in [0, 0.1) is 0 Å². The van der Waals surface area contributed by atoms with Crippen LogP contribution in [0.3, 0.4) is 0 Å². The SMILES string of the molecule is C=CC.C=CC.O=C(O)c1ccccc1.O=C(O)c1ccccc1. The van der Waals surface area contributed by atoms with Crippen LogP contribution in [-0.2, 0) is 0 Å². The predicted octanol–water partition coefficient (Wildman–Crippen LogP) is 5.15. The smallest absolute Gasteiger partial charge is 0.335 e. The first kappa shape index (κ1) is 23.1. The first-order valence-corrected chi connectivity index (χ1v) is 7.15. The lowest BCUT2D eigenvalue weighted by Gasteiger charge is -1.88. The van der Waals surface area contributed by atoms with Crippen molar-refractivity contribution in [2.45, 2.75) is 13.8 Å². The van der Waals surface area contributed by atoms with Crippen LogP contribution in [0.1, 0.15) is 34.6 Å². The van der Waals surface area contributed by atoms with E-state index in [0.29, 0.717) is 11.1 Å². The second kappa shape index (κ2) is 16.2. The molecule has 128 valence electrons. The molecule has 4 heteroatoms. The molecule has 2 aromatic carbocycles. The molecule has 0 saturated carbocycles. The first-order chi connectivity index (χ1) is 11.4. The number of carboxylic acids is 2. The molecule has 0 amide bonds. The monoisotopic (exact) mass is 328 g/mol. The van der Waals surface area contributed by atoms with Crippen LogP contribution in [0.2, 0.25) is 0 Å². The fraction of sp³-hybridized carbons (Fsp3) is 0.100. The molecule has 0 aliphatic heterocycles. The Morgan fingerprint density at radius 2 is 0.917 bits per heavy atom. The second-order valence-electron chi connectivity index (χ2n) is 4.16. The van der Waals surface area contributed by atoms with Gasteiger partial charge < -0.3 is 10.2 Å². The molecule has 0 unspecified atom stereocenters. The maximum Gasteiger partial charge on any atom is 0.335 e. The minimum absolute atomic E-state index is 0.331. The highest BCUT2D eigenvalue weighted by atomic mass is 16.4. The fourth-order valence-electron chi connectivity index (χ4n) is 1.16. The minimum Gasteiger partial charge on any atom is -0.478 e. The maximum absolute atomic E-state index is 10.2. The van der Waals surface area contributed by atoms with Gasteiger partial charge in [-0.1, -0.05) is 48.6 Å². The van der Waals surface area contributed by atoms with Gasteiger partial charge in [-0.2, -0.15) is 0 Å². The van der Waals surface area contributed by atoms with E-state index in [0.717, 1.165) is 0 Å². The molecule has 2 N–H and O–H groups in total. The normalized spacial score (nSPS) is 7.75. The van der Waals surface area contributed by atoms with Gasteiger partial charge in [0.15, 0.2) is 0 Å². The number of carbonyl (C=O) groups is 2. The molecule has 0 radical (unpaired) electrons. The van der Waals surface area contributed by atoms with E-state index in [1.807, 2.05) is 13.8 Å². The van der Waals surface area contributed by atoms with Gasteiger partial charge in [0.25, 0.3) is 0 Å². The van der Waals surface area contributed by atoms with Crippen LogP contribution in [0.15, 0.2) is 86.0 Å². The van der Waals surface area contributed by atoms with Crippen molar-refractivity contribution >= 4 is 11.9 Å². The third kappa shape index (κ3) is 13.8. The van der Waals surface area contributed by atoms with E-state index in [2.05, 4.69) is 13.2 Å². The first-order valence-electron chi connectivity index (χ1n) is 7.15. The van der Waals surface area contributed by atoms with Gasteiger partial charge in [-0.05, 0) is 38.1 Å². The van der Waals surface area contributed by atoms with Gasteiger partial charge in [0.2, 0.25) is 0 Å². The quantitative estimate of drug-likeness (QED) is 0.747. The highest BCUT2D eigenvalue weighted by Gasteiger charge is 1.97. The van der Waals surface area contributed by atoms with Crippen molar-refractivity contribution < 1.29 is 19.8 Å². The van der Waals surface area contributed by atoms with Crippen LogP contribution in [0.4, 0.5) is 0 Å². The molecule has 4 nitrogen and oxygen atoms in total. The summed E-state index contributed by atoms with van der Waals surface area (Å²) in [6.45, 7) is 10.5. The molecule has 0 bridgehead atoms. The molecule has 0 saturated heterocycles. The average Bonchev–Trinajstić information content (AvgIpc) is 2.58. The molecule has 0 aliphatic carbocycles. The Kier molecular flexibility index (Phi) is 15.6. The van der Waals surface area contributed by atoms with Gasteiger partial charge in [0.1, 0.15) is 0 Å². The summed E-state index contributed by atoms with van der Waals surface area (Å²) in [5.74, 6) is -1.76. The Bertz CT molecular complexity index is 534. The van der Waals surface area contributed by atoms with Crippen LogP contribution >= 0.6 is 0 Å². The van der Waals surface area contributed by atoms with Crippen molar-refractivity contribution in [1.29, 1.82) is 0 Å². The van der Waals surface area contributed by atoms with Crippen molar-refractivity contribution in [1.82, 2.24) is 0 Å².